The summed E-state index contributed by atoms with van der Waals surface area (Å²) in [7, 11) is 1.49. The van der Waals surface area contributed by atoms with Crippen molar-refractivity contribution in [3.05, 3.63) is 85.0 Å². The molecule has 1 aliphatic heterocycles. The molecule has 0 saturated carbocycles. The van der Waals surface area contributed by atoms with Gasteiger partial charge in [-0.2, -0.15) is 0 Å². The van der Waals surface area contributed by atoms with Crippen LogP contribution in [0.25, 0.3) is 0 Å². The Hall–Kier alpha value is -3.05. The second-order valence-corrected chi connectivity index (χ2v) is 11.9. The van der Waals surface area contributed by atoms with Gasteiger partial charge in [-0.05, 0) is 87.6 Å². The Labute approximate surface area is 240 Å². The van der Waals surface area contributed by atoms with Crippen molar-refractivity contribution in [2.45, 2.75) is 18.8 Å². The number of methoxy groups -OCH3 is 1. The summed E-state index contributed by atoms with van der Waals surface area (Å²) in [5.41, 5.74) is 2.38. The lowest BCUT2D eigenvalue weighted by Gasteiger charge is -2.42. The van der Waals surface area contributed by atoms with Crippen LogP contribution in [0, 0.1) is 21.3 Å². The first kappa shape index (κ1) is 25.2. The summed E-state index contributed by atoms with van der Waals surface area (Å²) in [6, 6.07) is 12.0. The number of ether oxygens (including phenoxy) is 1. The number of hydrogen-bond acceptors (Lipinski definition) is 6. The van der Waals surface area contributed by atoms with Crippen molar-refractivity contribution in [3.8, 4) is 11.5 Å². The zero-order chi connectivity index (χ0) is 26.9. The molecule has 0 radical (unpaired) electrons. The molecule has 2 amide bonds. The van der Waals surface area contributed by atoms with E-state index in [0.717, 1.165) is 9.14 Å². The van der Waals surface area contributed by atoms with Crippen molar-refractivity contribution in [1.82, 2.24) is 0 Å². The van der Waals surface area contributed by atoms with Crippen molar-refractivity contribution in [2.75, 3.05) is 12.0 Å². The molecule has 2 aromatic rings. The Balaban J connectivity index is 1.49. The number of nitrogens with zero attached hydrogens (tertiary/aromatic N) is 1. The minimum Gasteiger partial charge on any atom is -0.507 e. The number of Topliss-reactive ketones (excluding diaryl/α,β-unsaturated/α-hetero) is 1. The highest BCUT2D eigenvalue weighted by Gasteiger charge is 2.56. The van der Waals surface area contributed by atoms with Gasteiger partial charge in [0.25, 0.3) is 0 Å². The standard InChI is InChI=1S/C29H21BrINO6/c1-38-15-6-7-17(22(33)10-15)24-16-8-9-18-25(19(16)11-20-26(24)23(34)12-21(30)27(20)35)29(37)32(28(18)36)14-4-2-13(31)3-5-14/h2-8,10,12,18-19,24-25,33H,9,11H2,1H3. The molecule has 4 atom stereocenters. The minimum absolute atomic E-state index is 0.0759. The highest BCUT2D eigenvalue weighted by Crippen LogP contribution is 2.56. The lowest BCUT2D eigenvalue weighted by atomic mass is 9.59. The van der Waals surface area contributed by atoms with Crippen LogP contribution in [0.5, 0.6) is 11.5 Å². The normalized spacial score (nSPS) is 26.6. The van der Waals surface area contributed by atoms with Crippen molar-refractivity contribution in [3.63, 3.8) is 0 Å². The van der Waals surface area contributed by atoms with Crippen LogP contribution in [-0.2, 0) is 19.2 Å². The number of aromatic hydroxyl groups is 1. The Bertz CT molecular complexity index is 1540. The maximum atomic E-state index is 13.9. The molecular formula is C29H21BrINO6. The van der Waals surface area contributed by atoms with Crippen LogP contribution >= 0.6 is 38.5 Å². The number of fused-ring (bicyclic) bond motifs is 3. The summed E-state index contributed by atoms with van der Waals surface area (Å²) in [5, 5.41) is 11.0. The molecule has 38 heavy (non-hydrogen) atoms. The molecule has 4 aliphatic rings. The number of phenolic OH excluding ortho intramolecular Hbond substituents is 1. The molecule has 1 saturated heterocycles. The first-order valence-electron chi connectivity index (χ1n) is 12.1. The lowest BCUT2D eigenvalue weighted by Crippen LogP contribution is -2.39. The molecule has 2 aromatic carbocycles. The number of hydrogen-bond donors (Lipinski definition) is 1. The third-order valence-electron chi connectivity index (χ3n) is 7.96. The summed E-state index contributed by atoms with van der Waals surface area (Å²) in [4.78, 5) is 55.3. The molecule has 192 valence electrons. The smallest absolute Gasteiger partial charge is 0.238 e. The van der Waals surface area contributed by atoms with Gasteiger partial charge in [-0.15, -0.1) is 0 Å². The van der Waals surface area contributed by atoms with Crippen LogP contribution < -0.4 is 9.64 Å². The highest BCUT2D eigenvalue weighted by molar-refractivity contribution is 14.1. The molecule has 9 heteroatoms. The topological polar surface area (TPSA) is 101 Å². The third kappa shape index (κ3) is 3.73. The number of benzene rings is 2. The maximum absolute atomic E-state index is 13.9. The van der Waals surface area contributed by atoms with E-state index < -0.39 is 23.7 Å². The van der Waals surface area contributed by atoms with Gasteiger partial charge >= 0.3 is 0 Å². The predicted octanol–water partition coefficient (Wildman–Crippen LogP) is 4.97. The van der Waals surface area contributed by atoms with Crippen LogP contribution in [0.2, 0.25) is 0 Å². The molecule has 3 aliphatic carbocycles. The number of carbonyl (C=O) groups excluding carboxylic acids is 4. The van der Waals surface area contributed by atoms with Gasteiger partial charge in [-0.1, -0.05) is 17.7 Å². The van der Waals surface area contributed by atoms with Gasteiger partial charge in [0.15, 0.2) is 11.6 Å². The maximum Gasteiger partial charge on any atom is 0.238 e. The monoisotopic (exact) mass is 685 g/mol. The first-order valence-corrected chi connectivity index (χ1v) is 14.0. The van der Waals surface area contributed by atoms with Crippen molar-refractivity contribution >= 4 is 67.6 Å². The number of rotatable bonds is 3. The number of carbonyl (C=O) groups is 4. The molecule has 6 rings (SSSR count). The van der Waals surface area contributed by atoms with E-state index in [4.69, 9.17) is 4.74 Å². The summed E-state index contributed by atoms with van der Waals surface area (Å²) < 4.78 is 6.38. The van der Waals surface area contributed by atoms with E-state index in [9.17, 15) is 24.3 Å². The van der Waals surface area contributed by atoms with Crippen LogP contribution in [0.4, 0.5) is 5.69 Å². The number of ketones is 2. The fourth-order valence-corrected chi connectivity index (χ4v) is 7.11. The second kappa shape index (κ2) is 9.30. The van der Waals surface area contributed by atoms with Crippen LogP contribution in [0.3, 0.4) is 0 Å². The SMILES string of the molecule is COc1ccc(C2C3=CCC4C(=O)N(c5ccc(I)cc5)C(=O)C4C3CC3=C2C(=O)C=C(Br)C3=O)c(O)c1. The zero-order valence-electron chi connectivity index (χ0n) is 20.1. The van der Waals surface area contributed by atoms with Gasteiger partial charge in [0.05, 0.1) is 29.1 Å². The van der Waals surface area contributed by atoms with Crippen molar-refractivity contribution in [1.29, 1.82) is 0 Å². The average Bonchev–Trinajstić information content (AvgIpc) is 3.16. The molecule has 1 N–H and O–H groups in total. The van der Waals surface area contributed by atoms with Gasteiger partial charge < -0.3 is 9.84 Å². The van der Waals surface area contributed by atoms with Crippen molar-refractivity contribution in [2.24, 2.45) is 17.8 Å². The fraction of sp³-hybridized carbons (Fsp3) is 0.241. The molecule has 7 nitrogen and oxygen atoms in total. The fourth-order valence-electron chi connectivity index (χ4n) is 6.30. The summed E-state index contributed by atoms with van der Waals surface area (Å²) in [5.74, 6) is -3.25. The lowest BCUT2D eigenvalue weighted by molar-refractivity contribution is -0.123. The van der Waals surface area contributed by atoms with Crippen LogP contribution in [0.1, 0.15) is 24.3 Å². The number of imide groups is 1. The van der Waals surface area contributed by atoms with E-state index in [1.807, 2.05) is 18.2 Å². The molecule has 0 spiro atoms. The predicted molar refractivity (Wildman–Crippen MR) is 151 cm³/mol. The van der Waals surface area contributed by atoms with Crippen LogP contribution in [0.15, 0.2) is 75.8 Å². The van der Waals surface area contributed by atoms with E-state index in [1.165, 1.54) is 24.2 Å². The van der Waals surface area contributed by atoms with Gasteiger partial charge in [0, 0.05) is 38.3 Å². The summed E-state index contributed by atoms with van der Waals surface area (Å²) in [6.07, 6.45) is 3.70. The number of halogens is 2. The number of allylic oxidation sites excluding steroid dienone is 6. The largest absolute Gasteiger partial charge is 0.507 e. The van der Waals surface area contributed by atoms with Gasteiger partial charge in [0.2, 0.25) is 11.8 Å². The summed E-state index contributed by atoms with van der Waals surface area (Å²) >= 11 is 5.39. The number of phenols is 1. The average molecular weight is 686 g/mol. The molecule has 4 unspecified atom stereocenters. The third-order valence-corrected chi connectivity index (χ3v) is 9.27. The van der Waals surface area contributed by atoms with Gasteiger partial charge in [-0.3, -0.25) is 24.1 Å². The Morgan fingerprint density at radius 3 is 2.45 bits per heavy atom. The molecule has 0 aromatic heterocycles. The van der Waals surface area contributed by atoms with E-state index in [-0.39, 0.29) is 40.0 Å². The highest BCUT2D eigenvalue weighted by atomic mass is 127. The van der Waals surface area contributed by atoms with Gasteiger partial charge in [-0.25, -0.2) is 0 Å². The summed E-state index contributed by atoms with van der Waals surface area (Å²) in [6.45, 7) is 0. The van der Waals surface area contributed by atoms with E-state index in [0.29, 0.717) is 34.6 Å². The molecule has 1 heterocycles. The second-order valence-electron chi connectivity index (χ2n) is 9.81. The minimum atomic E-state index is -0.723. The Morgan fingerprint density at radius 1 is 1.03 bits per heavy atom. The Morgan fingerprint density at radius 2 is 1.76 bits per heavy atom. The zero-order valence-corrected chi connectivity index (χ0v) is 23.9. The number of amides is 2. The van der Waals surface area contributed by atoms with E-state index in [2.05, 4.69) is 38.5 Å². The molecule has 0 bridgehead atoms. The van der Waals surface area contributed by atoms with Gasteiger partial charge in [0.1, 0.15) is 11.5 Å². The quantitative estimate of drug-likeness (QED) is 0.212. The Kier molecular flexibility index (Phi) is 6.18. The van der Waals surface area contributed by atoms with Crippen LogP contribution in [-0.4, -0.2) is 35.6 Å². The van der Waals surface area contributed by atoms with E-state index in [1.54, 1.807) is 24.3 Å². The van der Waals surface area contributed by atoms with Crippen molar-refractivity contribution < 1.29 is 29.0 Å². The number of anilines is 1. The van der Waals surface area contributed by atoms with E-state index >= 15 is 0 Å². The first-order chi connectivity index (χ1) is 18.2. The molecular weight excluding hydrogens is 665 g/mol. The molecule has 1 fully saturated rings.